The first-order valence-electron chi connectivity index (χ1n) is 10.4. The van der Waals surface area contributed by atoms with Gasteiger partial charge in [0.05, 0.1) is 30.5 Å². The Labute approximate surface area is 190 Å². The number of hydrogen-bond acceptors (Lipinski definition) is 7. The summed E-state index contributed by atoms with van der Waals surface area (Å²) in [5, 5.41) is 24.4. The predicted molar refractivity (Wildman–Crippen MR) is 111 cm³/mol. The SMILES string of the molecule is O=C(NC[C@@H](O)CO)Oc1cnn2ccc(N3CCC[C@@H]3c3cc(F)ccc3C(F)(F)F)nc12. The van der Waals surface area contributed by atoms with E-state index in [1.165, 1.54) is 16.9 Å². The number of nitrogens with one attached hydrogen (secondary N) is 1. The van der Waals surface area contributed by atoms with Gasteiger partial charge in [0.25, 0.3) is 0 Å². The van der Waals surface area contributed by atoms with Crippen LogP contribution in [0.3, 0.4) is 0 Å². The first-order valence-corrected chi connectivity index (χ1v) is 10.4. The molecule has 0 unspecified atom stereocenters. The number of amides is 1. The number of rotatable bonds is 6. The lowest BCUT2D eigenvalue weighted by atomic mass is 9.97. The lowest BCUT2D eigenvalue weighted by Crippen LogP contribution is -2.35. The minimum Gasteiger partial charge on any atom is -0.405 e. The molecule has 3 heterocycles. The molecular weight excluding hydrogens is 462 g/mol. The van der Waals surface area contributed by atoms with Crippen molar-refractivity contribution >= 4 is 17.6 Å². The number of alkyl halides is 3. The van der Waals surface area contributed by atoms with E-state index in [2.05, 4.69) is 15.4 Å². The number of aromatic nitrogens is 3. The number of aliphatic hydroxyl groups excluding tert-OH is 2. The lowest BCUT2D eigenvalue weighted by molar-refractivity contribution is -0.138. The summed E-state index contributed by atoms with van der Waals surface area (Å²) in [5.74, 6) is -0.466. The average Bonchev–Trinajstić information content (AvgIpc) is 3.43. The van der Waals surface area contributed by atoms with E-state index in [4.69, 9.17) is 9.84 Å². The first kappa shape index (κ1) is 23.7. The number of halogens is 4. The maximum absolute atomic E-state index is 13.9. The molecule has 4 rings (SSSR count). The van der Waals surface area contributed by atoms with Crippen LogP contribution in [0.5, 0.6) is 5.75 Å². The Morgan fingerprint density at radius 2 is 2.12 bits per heavy atom. The molecule has 1 aliphatic heterocycles. The van der Waals surface area contributed by atoms with Crippen LogP contribution < -0.4 is 15.0 Å². The third kappa shape index (κ3) is 4.89. The molecule has 13 heteroatoms. The Hall–Kier alpha value is -3.45. The largest absolute Gasteiger partial charge is 0.416 e. The minimum atomic E-state index is -4.64. The number of carbonyl (C=O) groups is 1. The van der Waals surface area contributed by atoms with E-state index in [-0.39, 0.29) is 23.5 Å². The third-order valence-electron chi connectivity index (χ3n) is 5.44. The molecule has 34 heavy (non-hydrogen) atoms. The number of benzene rings is 1. The van der Waals surface area contributed by atoms with Crippen molar-refractivity contribution in [3.05, 3.63) is 53.6 Å². The Bertz CT molecular complexity index is 1190. The van der Waals surface area contributed by atoms with E-state index in [1.807, 2.05) is 0 Å². The van der Waals surface area contributed by atoms with Gasteiger partial charge in [-0.3, -0.25) is 0 Å². The summed E-state index contributed by atoms with van der Waals surface area (Å²) in [6.45, 7) is -0.385. The molecule has 182 valence electrons. The highest BCUT2D eigenvalue weighted by Gasteiger charge is 2.38. The maximum atomic E-state index is 13.9. The van der Waals surface area contributed by atoms with Gasteiger partial charge in [0, 0.05) is 19.3 Å². The number of carbonyl (C=O) groups excluding carboxylic acids is 1. The van der Waals surface area contributed by atoms with Crippen LogP contribution in [0.15, 0.2) is 36.7 Å². The van der Waals surface area contributed by atoms with Crippen LogP contribution in [0, 0.1) is 5.82 Å². The smallest absolute Gasteiger partial charge is 0.405 e. The van der Waals surface area contributed by atoms with Gasteiger partial charge in [-0.05, 0) is 42.7 Å². The number of aliphatic hydroxyl groups is 2. The molecule has 0 radical (unpaired) electrons. The topological polar surface area (TPSA) is 112 Å². The highest BCUT2D eigenvalue weighted by molar-refractivity contribution is 5.73. The van der Waals surface area contributed by atoms with Gasteiger partial charge >= 0.3 is 12.3 Å². The maximum Gasteiger partial charge on any atom is 0.416 e. The third-order valence-corrected chi connectivity index (χ3v) is 5.44. The van der Waals surface area contributed by atoms with E-state index in [1.54, 1.807) is 11.0 Å². The van der Waals surface area contributed by atoms with Crippen molar-refractivity contribution in [2.24, 2.45) is 0 Å². The van der Waals surface area contributed by atoms with Gasteiger partial charge in [-0.15, -0.1) is 0 Å². The molecule has 0 spiro atoms. The summed E-state index contributed by atoms with van der Waals surface area (Å²) in [6, 6.07) is 3.25. The van der Waals surface area contributed by atoms with E-state index >= 15 is 0 Å². The molecule has 3 N–H and O–H groups in total. The van der Waals surface area contributed by atoms with Crippen molar-refractivity contribution in [2.45, 2.75) is 31.2 Å². The van der Waals surface area contributed by atoms with Gasteiger partial charge in [0.2, 0.25) is 5.65 Å². The van der Waals surface area contributed by atoms with Crippen LogP contribution in [0.25, 0.3) is 5.65 Å². The fourth-order valence-corrected chi connectivity index (χ4v) is 3.90. The summed E-state index contributed by atoms with van der Waals surface area (Å²) in [5.41, 5.74) is -0.934. The monoisotopic (exact) mass is 483 g/mol. The zero-order chi connectivity index (χ0) is 24.5. The van der Waals surface area contributed by atoms with Crippen LogP contribution in [-0.4, -0.2) is 56.7 Å². The van der Waals surface area contributed by atoms with Crippen LogP contribution >= 0.6 is 0 Å². The summed E-state index contributed by atoms with van der Waals surface area (Å²) in [4.78, 5) is 18.1. The van der Waals surface area contributed by atoms with Gasteiger partial charge in [-0.1, -0.05) is 0 Å². The summed E-state index contributed by atoms with van der Waals surface area (Å²) in [7, 11) is 0. The molecule has 3 aromatic rings. The zero-order valence-corrected chi connectivity index (χ0v) is 17.7. The molecule has 9 nitrogen and oxygen atoms in total. The van der Waals surface area contributed by atoms with Crippen LogP contribution in [-0.2, 0) is 6.18 Å². The molecule has 1 saturated heterocycles. The van der Waals surface area contributed by atoms with E-state index in [0.717, 1.165) is 18.2 Å². The lowest BCUT2D eigenvalue weighted by Gasteiger charge is -2.28. The van der Waals surface area contributed by atoms with Crippen molar-refractivity contribution in [3.8, 4) is 5.75 Å². The zero-order valence-electron chi connectivity index (χ0n) is 17.7. The number of anilines is 1. The number of fused-ring (bicyclic) bond motifs is 1. The second kappa shape index (κ2) is 9.43. The summed E-state index contributed by atoms with van der Waals surface area (Å²) < 4.78 is 61.1. The molecule has 0 aliphatic carbocycles. The average molecular weight is 483 g/mol. The molecule has 0 saturated carbocycles. The highest BCUT2D eigenvalue weighted by Crippen LogP contribution is 2.42. The first-order chi connectivity index (χ1) is 16.2. The fraction of sp³-hybridized carbons (Fsp3) is 0.381. The Balaban J connectivity index is 1.62. The van der Waals surface area contributed by atoms with Crippen LogP contribution in [0.2, 0.25) is 0 Å². The second-order valence-electron chi connectivity index (χ2n) is 7.75. The van der Waals surface area contributed by atoms with Gasteiger partial charge in [-0.25, -0.2) is 18.7 Å². The van der Waals surface area contributed by atoms with Crippen molar-refractivity contribution < 1.29 is 37.3 Å². The molecule has 1 amide bonds. The van der Waals surface area contributed by atoms with Gasteiger partial charge in [0.15, 0.2) is 5.75 Å². The van der Waals surface area contributed by atoms with Gasteiger partial charge in [0.1, 0.15) is 11.6 Å². The van der Waals surface area contributed by atoms with Crippen LogP contribution in [0.1, 0.15) is 30.0 Å². The Kier molecular flexibility index (Phi) is 6.57. The van der Waals surface area contributed by atoms with Crippen molar-refractivity contribution in [2.75, 3.05) is 24.6 Å². The quantitative estimate of drug-likeness (QED) is 0.462. The summed E-state index contributed by atoms with van der Waals surface area (Å²) in [6.07, 6.45) is -3.01. The number of nitrogens with zero attached hydrogens (tertiary/aromatic N) is 4. The molecule has 2 atom stereocenters. The van der Waals surface area contributed by atoms with Crippen molar-refractivity contribution in [3.63, 3.8) is 0 Å². The Morgan fingerprint density at radius 3 is 2.85 bits per heavy atom. The molecule has 1 aliphatic rings. The number of hydrogen-bond donors (Lipinski definition) is 3. The Morgan fingerprint density at radius 1 is 1.32 bits per heavy atom. The van der Waals surface area contributed by atoms with Crippen molar-refractivity contribution in [1.82, 2.24) is 19.9 Å². The van der Waals surface area contributed by atoms with Crippen LogP contribution in [0.4, 0.5) is 28.2 Å². The van der Waals surface area contributed by atoms with E-state index in [9.17, 15) is 27.5 Å². The van der Waals surface area contributed by atoms with E-state index < -0.39 is 42.4 Å². The molecule has 1 fully saturated rings. The second-order valence-corrected chi connectivity index (χ2v) is 7.75. The van der Waals surface area contributed by atoms with Crippen molar-refractivity contribution in [1.29, 1.82) is 0 Å². The minimum absolute atomic E-state index is 0.0182. The van der Waals surface area contributed by atoms with Gasteiger partial charge < -0.3 is 25.2 Å². The molecule has 1 aromatic carbocycles. The van der Waals surface area contributed by atoms with Gasteiger partial charge in [-0.2, -0.15) is 18.3 Å². The predicted octanol–water partition coefficient (Wildman–Crippen LogP) is 2.67. The summed E-state index contributed by atoms with van der Waals surface area (Å²) >= 11 is 0. The number of ether oxygens (including phenoxy) is 1. The highest BCUT2D eigenvalue weighted by atomic mass is 19.4. The molecule has 2 aromatic heterocycles. The fourth-order valence-electron chi connectivity index (χ4n) is 3.90. The van der Waals surface area contributed by atoms with E-state index in [0.29, 0.717) is 25.2 Å². The molecular formula is C21H21F4N5O4. The standard InChI is InChI=1S/C21H21F4N5O4/c22-12-3-4-15(21(23,24)25)14(8-12)16-2-1-6-29(16)18-5-7-30-19(28-18)17(10-27-30)34-20(33)26-9-13(32)11-31/h3-5,7-8,10,13,16,31-32H,1-2,6,9,11H2,(H,26,33)/t13-,16-/m1/s1. The normalized spacial score (nSPS) is 17.2. The molecule has 0 bridgehead atoms.